The quantitative estimate of drug-likeness (QED) is 0.442. The minimum Gasteiger partial charge on any atom is -0.462 e. The zero-order valence-electron chi connectivity index (χ0n) is 18.3. The number of rotatable bonds is 8. The summed E-state index contributed by atoms with van der Waals surface area (Å²) in [6.45, 7) is 8.04. The number of esters is 1. The first-order chi connectivity index (χ1) is 14.5. The summed E-state index contributed by atoms with van der Waals surface area (Å²) >= 11 is 0. The smallest absolute Gasteiger partial charge is 0.333 e. The highest BCUT2D eigenvalue weighted by atomic mass is 16.5. The third-order valence-corrected chi connectivity index (χ3v) is 6.27. The van der Waals surface area contributed by atoms with Crippen molar-refractivity contribution in [1.82, 2.24) is 0 Å². The van der Waals surface area contributed by atoms with Crippen molar-refractivity contribution in [2.24, 2.45) is 5.92 Å². The molecule has 0 amide bonds. The molecule has 0 aromatic heterocycles. The van der Waals surface area contributed by atoms with Crippen molar-refractivity contribution in [3.8, 4) is 11.1 Å². The molecule has 0 bridgehead atoms. The van der Waals surface area contributed by atoms with Crippen LogP contribution >= 0.6 is 0 Å². The predicted octanol–water partition coefficient (Wildman–Crippen LogP) is 5.84. The van der Waals surface area contributed by atoms with E-state index in [0.29, 0.717) is 30.9 Å². The standard InChI is InChI=1S/C27H34O3/c1-19(2)27(29)30-17-15-26-18-25(13-12-24(26)14-16-28)23-10-8-22(9-11-23)21-6-4-20(3)5-7-21/h8-13,18,20-21,28H,1,4-7,14-17H2,2-3H3. The zero-order chi connectivity index (χ0) is 21.5. The fourth-order valence-corrected chi connectivity index (χ4v) is 4.32. The second kappa shape index (κ2) is 10.6. The van der Waals surface area contributed by atoms with Gasteiger partial charge in [-0.15, -0.1) is 0 Å². The molecule has 3 nitrogen and oxygen atoms in total. The Morgan fingerprint density at radius 2 is 1.67 bits per heavy atom. The van der Waals surface area contributed by atoms with E-state index < -0.39 is 0 Å². The van der Waals surface area contributed by atoms with Gasteiger partial charge in [0.1, 0.15) is 0 Å². The summed E-state index contributed by atoms with van der Waals surface area (Å²) in [5.74, 6) is 1.20. The van der Waals surface area contributed by atoms with E-state index in [9.17, 15) is 9.90 Å². The van der Waals surface area contributed by atoms with Crippen LogP contribution in [0.25, 0.3) is 11.1 Å². The van der Waals surface area contributed by atoms with Crippen LogP contribution in [0, 0.1) is 5.92 Å². The summed E-state index contributed by atoms with van der Waals surface area (Å²) in [7, 11) is 0. The SMILES string of the molecule is C=C(C)C(=O)OCCc1cc(-c2ccc(C3CCC(C)CC3)cc2)ccc1CCO. The maximum absolute atomic E-state index is 11.7. The molecule has 0 heterocycles. The van der Waals surface area contributed by atoms with Crippen LogP contribution < -0.4 is 0 Å². The topological polar surface area (TPSA) is 46.5 Å². The lowest BCUT2D eigenvalue weighted by molar-refractivity contribution is -0.138. The average Bonchev–Trinajstić information content (AvgIpc) is 2.75. The Morgan fingerprint density at radius 3 is 2.30 bits per heavy atom. The molecule has 1 N–H and O–H groups in total. The van der Waals surface area contributed by atoms with Gasteiger partial charge in [-0.3, -0.25) is 0 Å². The monoisotopic (exact) mass is 406 g/mol. The Labute approximate surface area is 180 Å². The van der Waals surface area contributed by atoms with Crippen LogP contribution in [-0.2, 0) is 22.4 Å². The summed E-state index contributed by atoms with van der Waals surface area (Å²) in [4.78, 5) is 11.7. The third kappa shape index (κ3) is 5.82. The molecular formula is C27H34O3. The number of carbonyl (C=O) groups excluding carboxylic acids is 1. The number of aliphatic hydroxyl groups is 1. The van der Waals surface area contributed by atoms with E-state index in [2.05, 4.69) is 56.0 Å². The first-order valence-corrected chi connectivity index (χ1v) is 11.1. The van der Waals surface area contributed by atoms with Gasteiger partial charge in [0.2, 0.25) is 0 Å². The second-order valence-corrected chi connectivity index (χ2v) is 8.70. The van der Waals surface area contributed by atoms with E-state index in [-0.39, 0.29) is 12.6 Å². The van der Waals surface area contributed by atoms with Crippen molar-refractivity contribution in [3.05, 3.63) is 71.3 Å². The minimum atomic E-state index is -0.359. The van der Waals surface area contributed by atoms with Gasteiger partial charge in [-0.05, 0) is 65.8 Å². The van der Waals surface area contributed by atoms with Gasteiger partial charge < -0.3 is 9.84 Å². The molecule has 2 aromatic rings. The van der Waals surface area contributed by atoms with Crippen molar-refractivity contribution in [3.63, 3.8) is 0 Å². The molecule has 1 aliphatic carbocycles. The van der Waals surface area contributed by atoms with Crippen LogP contribution in [0.5, 0.6) is 0 Å². The van der Waals surface area contributed by atoms with E-state index in [1.165, 1.54) is 36.8 Å². The van der Waals surface area contributed by atoms with Crippen LogP contribution in [-0.4, -0.2) is 24.3 Å². The van der Waals surface area contributed by atoms with E-state index >= 15 is 0 Å². The molecule has 0 radical (unpaired) electrons. The van der Waals surface area contributed by atoms with Crippen LogP contribution in [0.15, 0.2) is 54.6 Å². The molecule has 0 unspecified atom stereocenters. The molecule has 1 saturated carbocycles. The number of aliphatic hydroxyl groups excluding tert-OH is 1. The Morgan fingerprint density at radius 1 is 1.00 bits per heavy atom. The van der Waals surface area contributed by atoms with Gasteiger partial charge in [0.05, 0.1) is 6.61 Å². The van der Waals surface area contributed by atoms with Crippen molar-refractivity contribution in [2.75, 3.05) is 13.2 Å². The molecule has 0 saturated heterocycles. The van der Waals surface area contributed by atoms with Crippen LogP contribution in [0.2, 0.25) is 0 Å². The van der Waals surface area contributed by atoms with E-state index in [1.54, 1.807) is 6.92 Å². The van der Waals surface area contributed by atoms with Gasteiger partial charge in [-0.25, -0.2) is 4.79 Å². The number of ether oxygens (including phenoxy) is 1. The Bertz CT molecular complexity index is 858. The predicted molar refractivity (Wildman–Crippen MR) is 123 cm³/mol. The van der Waals surface area contributed by atoms with Crippen molar-refractivity contribution in [2.45, 2.75) is 58.3 Å². The third-order valence-electron chi connectivity index (χ3n) is 6.27. The summed E-state index contributed by atoms with van der Waals surface area (Å²) in [5.41, 5.74) is 6.42. The molecule has 160 valence electrons. The molecule has 1 fully saturated rings. The molecular weight excluding hydrogens is 372 g/mol. The molecule has 0 spiro atoms. The summed E-state index contributed by atoms with van der Waals surface area (Å²) in [6, 6.07) is 15.4. The van der Waals surface area contributed by atoms with E-state index in [4.69, 9.17) is 4.74 Å². The van der Waals surface area contributed by atoms with Gasteiger partial charge in [0.15, 0.2) is 0 Å². The second-order valence-electron chi connectivity index (χ2n) is 8.70. The lowest BCUT2D eigenvalue weighted by atomic mass is 9.79. The lowest BCUT2D eigenvalue weighted by Gasteiger charge is -2.26. The van der Waals surface area contributed by atoms with Crippen LogP contribution in [0.4, 0.5) is 0 Å². The van der Waals surface area contributed by atoms with Gasteiger partial charge in [0, 0.05) is 18.6 Å². The van der Waals surface area contributed by atoms with Crippen molar-refractivity contribution in [1.29, 1.82) is 0 Å². The largest absolute Gasteiger partial charge is 0.462 e. The Kier molecular flexibility index (Phi) is 7.87. The highest BCUT2D eigenvalue weighted by molar-refractivity contribution is 5.86. The normalized spacial score (nSPS) is 18.8. The minimum absolute atomic E-state index is 0.104. The number of benzene rings is 2. The molecule has 1 aliphatic rings. The van der Waals surface area contributed by atoms with Crippen molar-refractivity contribution < 1.29 is 14.6 Å². The lowest BCUT2D eigenvalue weighted by Crippen LogP contribution is -2.10. The van der Waals surface area contributed by atoms with E-state index in [0.717, 1.165) is 22.6 Å². The van der Waals surface area contributed by atoms with Gasteiger partial charge in [-0.2, -0.15) is 0 Å². The molecule has 0 aliphatic heterocycles. The molecule has 0 atom stereocenters. The fraction of sp³-hybridized carbons (Fsp3) is 0.444. The molecule has 3 rings (SSSR count). The highest BCUT2D eigenvalue weighted by Gasteiger charge is 2.19. The molecule has 2 aromatic carbocycles. The van der Waals surface area contributed by atoms with E-state index in [1.807, 2.05) is 0 Å². The van der Waals surface area contributed by atoms with Crippen LogP contribution in [0.3, 0.4) is 0 Å². The first-order valence-electron chi connectivity index (χ1n) is 11.1. The molecule has 30 heavy (non-hydrogen) atoms. The fourth-order valence-electron chi connectivity index (χ4n) is 4.32. The Hall–Kier alpha value is -2.39. The zero-order valence-corrected chi connectivity index (χ0v) is 18.3. The summed E-state index contributed by atoms with van der Waals surface area (Å²) < 4.78 is 5.28. The maximum atomic E-state index is 11.7. The van der Waals surface area contributed by atoms with Gasteiger partial charge in [0.25, 0.3) is 0 Å². The molecule has 3 heteroatoms. The maximum Gasteiger partial charge on any atom is 0.333 e. The number of carbonyl (C=O) groups is 1. The summed E-state index contributed by atoms with van der Waals surface area (Å²) in [5, 5.41) is 9.39. The average molecular weight is 407 g/mol. The van der Waals surface area contributed by atoms with Gasteiger partial charge in [-0.1, -0.05) is 68.8 Å². The van der Waals surface area contributed by atoms with Crippen molar-refractivity contribution >= 4 is 5.97 Å². The highest BCUT2D eigenvalue weighted by Crippen LogP contribution is 2.36. The first kappa shape index (κ1) is 22.3. The number of hydrogen-bond donors (Lipinski definition) is 1. The Balaban J connectivity index is 1.73. The van der Waals surface area contributed by atoms with Crippen LogP contribution in [0.1, 0.15) is 62.1 Å². The number of hydrogen-bond acceptors (Lipinski definition) is 3. The van der Waals surface area contributed by atoms with Gasteiger partial charge >= 0.3 is 5.97 Å². The summed E-state index contributed by atoms with van der Waals surface area (Å²) in [6.07, 6.45) is 6.48.